The first kappa shape index (κ1) is 13.5. The van der Waals surface area contributed by atoms with E-state index in [9.17, 15) is 4.79 Å². The largest absolute Gasteiger partial charge is 0.349 e. The van der Waals surface area contributed by atoms with E-state index >= 15 is 0 Å². The highest BCUT2D eigenvalue weighted by Gasteiger charge is 2.24. The quantitative estimate of drug-likeness (QED) is 0.896. The van der Waals surface area contributed by atoms with Gasteiger partial charge in [-0.05, 0) is 36.1 Å². The highest BCUT2D eigenvalue weighted by Crippen LogP contribution is 2.26. The van der Waals surface area contributed by atoms with Crippen molar-refractivity contribution in [3.8, 4) is 0 Å². The Morgan fingerprint density at radius 2 is 1.50 bits per heavy atom. The van der Waals surface area contributed by atoms with E-state index in [1.54, 1.807) is 18.2 Å². The van der Waals surface area contributed by atoms with Gasteiger partial charge in [-0.3, -0.25) is 4.79 Å². The molecule has 1 amide bonds. The number of benzene rings is 2. The van der Waals surface area contributed by atoms with Gasteiger partial charge in [-0.1, -0.05) is 53.5 Å². The second-order valence-corrected chi connectivity index (χ2v) is 5.76. The number of amides is 1. The van der Waals surface area contributed by atoms with Crippen molar-refractivity contribution in [2.24, 2.45) is 0 Å². The van der Waals surface area contributed by atoms with Crippen molar-refractivity contribution in [3.05, 3.63) is 69.2 Å². The molecular formula is C16H13Cl2NO. The standard InChI is InChI=1S/C16H13Cl2NO/c17-13-6-3-7-14(18)15(13)16(20)19-12-8-10-4-1-2-5-11(10)9-12/h1-7,12H,8-9H2,(H,19,20). The summed E-state index contributed by atoms with van der Waals surface area (Å²) >= 11 is 12.1. The lowest BCUT2D eigenvalue weighted by Gasteiger charge is -2.13. The van der Waals surface area contributed by atoms with Gasteiger partial charge < -0.3 is 5.32 Å². The minimum atomic E-state index is -0.210. The Morgan fingerprint density at radius 1 is 0.950 bits per heavy atom. The predicted octanol–water partition coefficient (Wildman–Crippen LogP) is 3.89. The van der Waals surface area contributed by atoms with Gasteiger partial charge in [0.15, 0.2) is 0 Å². The number of hydrogen-bond acceptors (Lipinski definition) is 1. The van der Waals surface area contributed by atoms with Gasteiger partial charge in [0.25, 0.3) is 5.91 Å². The number of carbonyl (C=O) groups is 1. The lowest BCUT2D eigenvalue weighted by molar-refractivity contribution is 0.0939. The van der Waals surface area contributed by atoms with Crippen molar-refractivity contribution in [1.82, 2.24) is 5.32 Å². The molecule has 1 N–H and O–H groups in total. The summed E-state index contributed by atoms with van der Waals surface area (Å²) in [5.74, 6) is -0.210. The van der Waals surface area contributed by atoms with Crippen molar-refractivity contribution in [2.45, 2.75) is 18.9 Å². The van der Waals surface area contributed by atoms with E-state index in [1.165, 1.54) is 11.1 Å². The average Bonchev–Trinajstić information content (AvgIpc) is 2.80. The molecule has 4 heteroatoms. The zero-order valence-electron chi connectivity index (χ0n) is 10.7. The van der Waals surface area contributed by atoms with Crippen LogP contribution in [0.3, 0.4) is 0 Å². The number of nitrogens with one attached hydrogen (secondary N) is 1. The molecule has 0 atom stereocenters. The summed E-state index contributed by atoms with van der Waals surface area (Å²) in [4.78, 5) is 12.3. The number of hydrogen-bond donors (Lipinski definition) is 1. The van der Waals surface area contributed by atoms with Gasteiger partial charge in [0, 0.05) is 6.04 Å². The first-order chi connectivity index (χ1) is 9.65. The maximum absolute atomic E-state index is 12.3. The molecular weight excluding hydrogens is 293 g/mol. The first-order valence-electron chi connectivity index (χ1n) is 6.47. The van der Waals surface area contributed by atoms with Crippen LogP contribution >= 0.6 is 23.2 Å². The molecule has 1 aliphatic rings. The van der Waals surface area contributed by atoms with Gasteiger partial charge in [-0.15, -0.1) is 0 Å². The number of fused-ring (bicyclic) bond motifs is 1. The highest BCUT2D eigenvalue weighted by atomic mass is 35.5. The zero-order chi connectivity index (χ0) is 14.1. The van der Waals surface area contributed by atoms with E-state index in [0.717, 1.165) is 12.8 Å². The lowest BCUT2D eigenvalue weighted by Crippen LogP contribution is -2.35. The van der Waals surface area contributed by atoms with E-state index in [-0.39, 0.29) is 11.9 Å². The van der Waals surface area contributed by atoms with E-state index in [2.05, 4.69) is 17.4 Å². The Kier molecular flexibility index (Phi) is 3.68. The average molecular weight is 306 g/mol. The second-order valence-electron chi connectivity index (χ2n) is 4.94. The number of rotatable bonds is 2. The van der Waals surface area contributed by atoms with Gasteiger partial charge in [0.1, 0.15) is 0 Å². The van der Waals surface area contributed by atoms with Crippen molar-refractivity contribution in [1.29, 1.82) is 0 Å². The van der Waals surface area contributed by atoms with Crippen LogP contribution in [-0.2, 0) is 12.8 Å². The fourth-order valence-electron chi connectivity index (χ4n) is 2.63. The van der Waals surface area contributed by atoms with E-state index in [4.69, 9.17) is 23.2 Å². The molecule has 0 saturated heterocycles. The van der Waals surface area contributed by atoms with Gasteiger partial charge >= 0.3 is 0 Å². The molecule has 2 aromatic rings. The Morgan fingerprint density at radius 3 is 2.05 bits per heavy atom. The molecule has 2 nitrogen and oxygen atoms in total. The molecule has 102 valence electrons. The van der Waals surface area contributed by atoms with Crippen LogP contribution in [0.2, 0.25) is 10.0 Å². The third-order valence-corrected chi connectivity index (χ3v) is 4.21. The Balaban J connectivity index is 1.76. The minimum absolute atomic E-state index is 0.104. The third kappa shape index (κ3) is 2.54. The van der Waals surface area contributed by atoms with Crippen LogP contribution in [0.5, 0.6) is 0 Å². The van der Waals surface area contributed by atoms with Crippen LogP contribution in [0.15, 0.2) is 42.5 Å². The third-order valence-electron chi connectivity index (χ3n) is 3.58. The van der Waals surface area contributed by atoms with E-state index in [0.29, 0.717) is 15.6 Å². The van der Waals surface area contributed by atoms with Crippen molar-refractivity contribution in [2.75, 3.05) is 0 Å². The molecule has 0 aromatic heterocycles. The fourth-order valence-corrected chi connectivity index (χ4v) is 3.20. The number of halogens is 2. The summed E-state index contributed by atoms with van der Waals surface area (Å²) in [7, 11) is 0. The van der Waals surface area contributed by atoms with Gasteiger partial charge in [-0.25, -0.2) is 0 Å². The first-order valence-corrected chi connectivity index (χ1v) is 7.22. The van der Waals surface area contributed by atoms with Gasteiger partial charge in [0.2, 0.25) is 0 Å². The smallest absolute Gasteiger partial charge is 0.254 e. The molecule has 0 fully saturated rings. The normalized spacial score (nSPS) is 14.1. The summed E-state index contributed by atoms with van der Waals surface area (Å²) in [6, 6.07) is 13.4. The predicted molar refractivity (Wildman–Crippen MR) is 81.6 cm³/mol. The van der Waals surface area contributed by atoms with Crippen molar-refractivity contribution in [3.63, 3.8) is 0 Å². The van der Waals surface area contributed by atoms with Crippen LogP contribution in [0.1, 0.15) is 21.5 Å². The van der Waals surface area contributed by atoms with E-state index in [1.807, 2.05) is 12.1 Å². The molecule has 0 aliphatic heterocycles. The maximum atomic E-state index is 12.3. The minimum Gasteiger partial charge on any atom is -0.349 e. The second kappa shape index (κ2) is 5.47. The molecule has 2 aromatic carbocycles. The summed E-state index contributed by atoms with van der Waals surface area (Å²) in [6.07, 6.45) is 1.70. The molecule has 0 saturated carbocycles. The molecule has 3 rings (SSSR count). The molecule has 0 radical (unpaired) electrons. The zero-order valence-corrected chi connectivity index (χ0v) is 12.2. The fraction of sp³-hybridized carbons (Fsp3) is 0.188. The molecule has 20 heavy (non-hydrogen) atoms. The van der Waals surface area contributed by atoms with Crippen LogP contribution in [0.4, 0.5) is 0 Å². The Bertz CT molecular complexity index is 624. The summed E-state index contributed by atoms with van der Waals surface area (Å²) in [6.45, 7) is 0. The van der Waals surface area contributed by atoms with E-state index < -0.39 is 0 Å². The molecule has 0 unspecified atom stereocenters. The van der Waals surface area contributed by atoms with Crippen LogP contribution < -0.4 is 5.32 Å². The lowest BCUT2D eigenvalue weighted by atomic mass is 10.1. The Labute approximate surface area is 127 Å². The van der Waals surface area contributed by atoms with Crippen molar-refractivity contribution >= 4 is 29.1 Å². The maximum Gasteiger partial charge on any atom is 0.254 e. The van der Waals surface area contributed by atoms with Crippen molar-refractivity contribution < 1.29 is 4.79 Å². The molecule has 0 heterocycles. The van der Waals surface area contributed by atoms with Crippen LogP contribution in [0.25, 0.3) is 0 Å². The molecule has 0 spiro atoms. The monoisotopic (exact) mass is 305 g/mol. The molecule has 0 bridgehead atoms. The summed E-state index contributed by atoms with van der Waals surface area (Å²) in [5, 5.41) is 3.78. The Hall–Kier alpha value is -1.51. The van der Waals surface area contributed by atoms with Crippen LogP contribution in [-0.4, -0.2) is 11.9 Å². The summed E-state index contributed by atoms with van der Waals surface area (Å²) in [5.41, 5.74) is 2.94. The SMILES string of the molecule is O=C(NC1Cc2ccccc2C1)c1c(Cl)cccc1Cl. The number of carbonyl (C=O) groups excluding carboxylic acids is 1. The van der Waals surface area contributed by atoms with Gasteiger partial charge in [-0.2, -0.15) is 0 Å². The highest BCUT2D eigenvalue weighted by molar-refractivity contribution is 6.39. The van der Waals surface area contributed by atoms with Gasteiger partial charge in [0.05, 0.1) is 15.6 Å². The topological polar surface area (TPSA) is 29.1 Å². The summed E-state index contributed by atoms with van der Waals surface area (Å²) < 4.78 is 0. The van der Waals surface area contributed by atoms with Crippen LogP contribution in [0, 0.1) is 0 Å². The molecule has 1 aliphatic carbocycles.